The molecule has 8 aromatic carbocycles. The number of nitrogens with zero attached hydrogens (tertiary/aromatic N) is 2. The summed E-state index contributed by atoms with van der Waals surface area (Å²) in [6.07, 6.45) is 0. The van der Waals surface area contributed by atoms with E-state index in [2.05, 4.69) is 190 Å². The predicted molar refractivity (Wildman–Crippen MR) is 237 cm³/mol. The molecule has 10 aromatic rings. The van der Waals surface area contributed by atoms with Crippen LogP contribution in [0.4, 0.5) is 0 Å². The van der Waals surface area contributed by atoms with Crippen LogP contribution in [0.5, 0.6) is 0 Å². The molecule has 0 aliphatic heterocycles. The monoisotopic (exact) mass is 732 g/mol. The number of hydrogen-bond donors (Lipinski definition) is 0. The molecule has 0 unspecified atom stereocenters. The van der Waals surface area contributed by atoms with Crippen LogP contribution in [0.1, 0.15) is 25.0 Å². The molecule has 0 bridgehead atoms. The van der Waals surface area contributed by atoms with Crippen molar-refractivity contribution in [1.82, 2.24) is 9.97 Å². The highest BCUT2D eigenvalue weighted by Gasteiger charge is 2.37. The van der Waals surface area contributed by atoms with Gasteiger partial charge in [0.05, 0.1) is 11.4 Å². The first-order valence-corrected chi connectivity index (χ1v) is 20.1. The maximum absolute atomic E-state index is 5.35. The summed E-state index contributed by atoms with van der Waals surface area (Å²) < 4.78 is 2.60. The second-order valence-corrected chi connectivity index (χ2v) is 16.4. The molecule has 0 amide bonds. The summed E-state index contributed by atoms with van der Waals surface area (Å²) >= 11 is 1.85. The van der Waals surface area contributed by atoms with E-state index in [1.807, 2.05) is 17.4 Å². The van der Waals surface area contributed by atoms with Crippen molar-refractivity contribution < 1.29 is 0 Å². The van der Waals surface area contributed by atoms with Gasteiger partial charge in [-0.25, -0.2) is 9.97 Å². The molecule has 0 saturated heterocycles. The van der Waals surface area contributed by atoms with Crippen LogP contribution in [0, 0.1) is 0 Å². The van der Waals surface area contributed by atoms with Gasteiger partial charge in [0.15, 0.2) is 5.82 Å². The molecule has 0 fully saturated rings. The summed E-state index contributed by atoms with van der Waals surface area (Å²) in [6, 6.07) is 65.9. The summed E-state index contributed by atoms with van der Waals surface area (Å²) in [5, 5.41) is 5.14. The molecule has 0 spiro atoms. The summed E-state index contributed by atoms with van der Waals surface area (Å²) in [4.78, 5) is 10.7. The smallest absolute Gasteiger partial charge is 0.160 e. The minimum atomic E-state index is -0.134. The lowest BCUT2D eigenvalue weighted by atomic mass is 9.81. The van der Waals surface area contributed by atoms with E-state index in [-0.39, 0.29) is 5.41 Å². The summed E-state index contributed by atoms with van der Waals surface area (Å²) in [7, 11) is 0. The Hall–Kier alpha value is -6.68. The lowest BCUT2D eigenvalue weighted by Crippen LogP contribution is -2.14. The first-order valence-electron chi connectivity index (χ1n) is 19.2. The first kappa shape index (κ1) is 32.7. The standard InChI is InChI=1S/C53H36N2S/c1-53(2)45-25-14-24-43(51(45)44-29-34-17-6-7-18-35(34)30-46(44)53)38-20-9-11-22-40(38)48-32-47(54-52(55-48)33-15-4-3-5-16-33)39-21-10-8-19-37(39)36-27-28-42-41-23-12-13-26-49(41)56-50(42)31-36/h3-32H,1-2H3. The van der Waals surface area contributed by atoms with Crippen molar-refractivity contribution in [2.24, 2.45) is 0 Å². The third-order valence-corrected chi connectivity index (χ3v) is 12.8. The molecular weight excluding hydrogens is 697 g/mol. The van der Waals surface area contributed by atoms with Crippen molar-refractivity contribution in [3.63, 3.8) is 0 Å². The molecule has 3 heteroatoms. The molecule has 264 valence electrons. The van der Waals surface area contributed by atoms with E-state index in [0.717, 1.165) is 39.2 Å². The molecule has 0 N–H and O–H groups in total. The van der Waals surface area contributed by atoms with Gasteiger partial charge in [0.2, 0.25) is 0 Å². The van der Waals surface area contributed by atoms with Gasteiger partial charge in [0, 0.05) is 42.3 Å². The van der Waals surface area contributed by atoms with Crippen LogP contribution in [0.15, 0.2) is 182 Å². The molecule has 0 radical (unpaired) electrons. The van der Waals surface area contributed by atoms with Gasteiger partial charge < -0.3 is 0 Å². The molecule has 2 aromatic heterocycles. The zero-order chi connectivity index (χ0) is 37.4. The number of benzene rings is 8. The summed E-state index contributed by atoms with van der Waals surface area (Å²) in [5.74, 6) is 0.707. The normalized spacial score (nSPS) is 13.0. The maximum Gasteiger partial charge on any atom is 0.160 e. The van der Waals surface area contributed by atoms with Gasteiger partial charge in [-0.1, -0.05) is 166 Å². The average molecular weight is 733 g/mol. The Bertz CT molecular complexity index is 3170. The third kappa shape index (κ3) is 5.16. The number of rotatable bonds is 5. The molecule has 11 rings (SSSR count). The van der Waals surface area contributed by atoms with E-state index >= 15 is 0 Å². The van der Waals surface area contributed by atoms with Crippen LogP contribution in [-0.2, 0) is 5.41 Å². The largest absolute Gasteiger partial charge is 0.228 e. The lowest BCUT2D eigenvalue weighted by molar-refractivity contribution is 0.661. The molecule has 0 saturated carbocycles. The number of hydrogen-bond acceptors (Lipinski definition) is 3. The molecule has 2 nitrogen and oxygen atoms in total. The average Bonchev–Trinajstić information content (AvgIpc) is 3.74. The third-order valence-electron chi connectivity index (χ3n) is 11.7. The molecule has 2 heterocycles. The SMILES string of the molecule is CC1(C)c2cc3ccccc3cc2-c2c(-c3ccccc3-c3cc(-c4ccccc4-c4ccc5c(c4)sc4ccccc45)nc(-c4ccccc4)n3)cccc21. The highest BCUT2D eigenvalue weighted by molar-refractivity contribution is 7.25. The fourth-order valence-corrected chi connectivity index (χ4v) is 10.1. The van der Waals surface area contributed by atoms with Gasteiger partial charge in [0.25, 0.3) is 0 Å². The van der Waals surface area contributed by atoms with E-state index in [9.17, 15) is 0 Å². The molecule has 56 heavy (non-hydrogen) atoms. The highest BCUT2D eigenvalue weighted by Crippen LogP contribution is 2.54. The van der Waals surface area contributed by atoms with Crippen molar-refractivity contribution in [3.05, 3.63) is 193 Å². The van der Waals surface area contributed by atoms with Gasteiger partial charge in [-0.05, 0) is 85.6 Å². The Morgan fingerprint density at radius 3 is 1.79 bits per heavy atom. The van der Waals surface area contributed by atoms with E-state index in [1.54, 1.807) is 0 Å². The Morgan fingerprint density at radius 1 is 0.393 bits per heavy atom. The van der Waals surface area contributed by atoms with Crippen LogP contribution in [-0.4, -0.2) is 9.97 Å². The van der Waals surface area contributed by atoms with E-state index in [0.29, 0.717) is 5.82 Å². The Labute approximate surface area is 330 Å². The zero-order valence-electron chi connectivity index (χ0n) is 31.1. The maximum atomic E-state index is 5.35. The van der Waals surface area contributed by atoms with Gasteiger partial charge >= 0.3 is 0 Å². The van der Waals surface area contributed by atoms with Gasteiger partial charge in [-0.3, -0.25) is 0 Å². The second kappa shape index (κ2) is 12.7. The zero-order valence-corrected chi connectivity index (χ0v) is 31.9. The fraction of sp³-hybridized carbons (Fsp3) is 0.0566. The van der Waals surface area contributed by atoms with Gasteiger partial charge in [-0.2, -0.15) is 0 Å². The van der Waals surface area contributed by atoms with Crippen LogP contribution < -0.4 is 0 Å². The number of fused-ring (bicyclic) bond motifs is 7. The topological polar surface area (TPSA) is 25.8 Å². The van der Waals surface area contributed by atoms with Crippen molar-refractivity contribution in [2.45, 2.75) is 19.3 Å². The van der Waals surface area contributed by atoms with Crippen LogP contribution in [0.25, 0.3) is 98.2 Å². The molecule has 1 aliphatic carbocycles. The van der Waals surface area contributed by atoms with Crippen molar-refractivity contribution in [2.75, 3.05) is 0 Å². The second-order valence-electron chi connectivity index (χ2n) is 15.3. The Kier molecular flexibility index (Phi) is 7.42. The van der Waals surface area contributed by atoms with Crippen LogP contribution in [0.3, 0.4) is 0 Å². The minimum absolute atomic E-state index is 0.134. The number of thiophene rings is 1. The molecule has 0 atom stereocenters. The fourth-order valence-electron chi connectivity index (χ4n) is 8.93. The van der Waals surface area contributed by atoms with Crippen LogP contribution >= 0.6 is 11.3 Å². The van der Waals surface area contributed by atoms with Gasteiger partial charge in [-0.15, -0.1) is 11.3 Å². The predicted octanol–water partition coefficient (Wildman–Crippen LogP) is 14.6. The minimum Gasteiger partial charge on any atom is -0.228 e. The quantitative estimate of drug-likeness (QED) is 0.176. The lowest BCUT2D eigenvalue weighted by Gasteiger charge is -2.22. The Balaban J connectivity index is 1.11. The van der Waals surface area contributed by atoms with Crippen molar-refractivity contribution in [3.8, 4) is 67.3 Å². The summed E-state index contributed by atoms with van der Waals surface area (Å²) in [6.45, 7) is 4.72. The summed E-state index contributed by atoms with van der Waals surface area (Å²) in [5.41, 5.74) is 14.9. The van der Waals surface area contributed by atoms with Crippen molar-refractivity contribution in [1.29, 1.82) is 0 Å². The van der Waals surface area contributed by atoms with E-state index < -0.39 is 0 Å². The van der Waals surface area contributed by atoms with Crippen molar-refractivity contribution >= 4 is 42.3 Å². The van der Waals surface area contributed by atoms with E-state index in [1.165, 1.54) is 64.3 Å². The van der Waals surface area contributed by atoms with Gasteiger partial charge in [0.1, 0.15) is 0 Å². The van der Waals surface area contributed by atoms with E-state index in [4.69, 9.17) is 9.97 Å². The Morgan fingerprint density at radius 2 is 1.00 bits per heavy atom. The van der Waals surface area contributed by atoms with Crippen LogP contribution in [0.2, 0.25) is 0 Å². The first-order chi connectivity index (χ1) is 27.5. The molecular formula is C53H36N2S. The molecule has 1 aliphatic rings. The number of aromatic nitrogens is 2. The highest BCUT2D eigenvalue weighted by atomic mass is 32.1.